The summed E-state index contributed by atoms with van der Waals surface area (Å²) in [5.74, 6) is 1.46. The zero-order chi connectivity index (χ0) is 12.4. The molecule has 0 unspecified atom stereocenters. The van der Waals surface area contributed by atoms with E-state index in [0.717, 1.165) is 31.0 Å². The molecule has 3 heterocycles. The highest BCUT2D eigenvalue weighted by Gasteiger charge is 2.18. The Hall–Kier alpha value is -1.24. The van der Waals surface area contributed by atoms with Gasteiger partial charge >= 0.3 is 0 Å². The number of hydrogen-bond donors (Lipinski definition) is 0. The Balaban J connectivity index is 1.85. The highest BCUT2D eigenvalue weighted by Crippen LogP contribution is 2.31. The second kappa shape index (κ2) is 5.17. The van der Waals surface area contributed by atoms with Crippen molar-refractivity contribution in [1.29, 1.82) is 0 Å². The molecule has 0 fully saturated rings. The van der Waals surface area contributed by atoms with Gasteiger partial charge < -0.3 is 9.64 Å². The van der Waals surface area contributed by atoms with Gasteiger partial charge in [0.1, 0.15) is 11.4 Å². The van der Waals surface area contributed by atoms with Gasteiger partial charge in [-0.2, -0.15) is 4.37 Å². The third kappa shape index (κ3) is 2.45. The van der Waals surface area contributed by atoms with E-state index in [1.54, 1.807) is 11.3 Å². The monoisotopic (exact) mass is 279 g/mol. The molecule has 6 heteroatoms. The van der Waals surface area contributed by atoms with Gasteiger partial charge in [0.15, 0.2) is 0 Å². The summed E-state index contributed by atoms with van der Waals surface area (Å²) in [7, 11) is 2.12. The fourth-order valence-corrected chi connectivity index (χ4v) is 3.00. The van der Waals surface area contributed by atoms with Gasteiger partial charge in [0.2, 0.25) is 0 Å². The van der Waals surface area contributed by atoms with Crippen LogP contribution in [0.15, 0.2) is 22.9 Å². The van der Waals surface area contributed by atoms with Gasteiger partial charge in [-0.05, 0) is 30.5 Å². The van der Waals surface area contributed by atoms with E-state index in [4.69, 9.17) is 4.74 Å². The number of thiophene rings is 1. The Morgan fingerprint density at radius 3 is 3.11 bits per heavy atom. The molecule has 0 amide bonds. The van der Waals surface area contributed by atoms with Crippen LogP contribution in [0.2, 0.25) is 0 Å². The Labute approximate surface area is 114 Å². The fraction of sp³-hybridized carbons (Fsp3) is 0.333. The number of rotatable bonds is 3. The summed E-state index contributed by atoms with van der Waals surface area (Å²) < 4.78 is 14.4. The average molecular weight is 279 g/mol. The summed E-state index contributed by atoms with van der Waals surface area (Å²) in [4.78, 5) is 2.28. The molecule has 2 aromatic rings. The van der Waals surface area contributed by atoms with Crippen LogP contribution in [0.4, 0.5) is 0 Å². The lowest BCUT2D eigenvalue weighted by atomic mass is 10.1. The summed E-state index contributed by atoms with van der Waals surface area (Å²) in [5, 5.41) is 3.95. The molecule has 1 aliphatic heterocycles. The first-order valence-corrected chi connectivity index (χ1v) is 7.41. The smallest absolute Gasteiger partial charge is 0.259 e. The molecule has 3 rings (SSSR count). The Bertz CT molecular complexity index is 547. The Kier molecular flexibility index (Phi) is 3.40. The highest BCUT2D eigenvalue weighted by molar-refractivity contribution is 7.08. The Morgan fingerprint density at radius 2 is 2.33 bits per heavy atom. The fourth-order valence-electron chi connectivity index (χ4n) is 1.93. The molecule has 0 aromatic carbocycles. The van der Waals surface area contributed by atoms with Gasteiger partial charge in [-0.3, -0.25) is 0 Å². The van der Waals surface area contributed by atoms with E-state index in [-0.39, 0.29) is 0 Å². The maximum absolute atomic E-state index is 5.77. The predicted molar refractivity (Wildman–Crippen MR) is 74.4 cm³/mol. The largest absolute Gasteiger partial charge is 0.435 e. The van der Waals surface area contributed by atoms with E-state index in [1.165, 1.54) is 17.3 Å². The number of ether oxygens (including phenoxy) is 1. The minimum Gasteiger partial charge on any atom is -0.435 e. The van der Waals surface area contributed by atoms with Crippen molar-refractivity contribution in [2.45, 2.75) is 6.42 Å². The molecule has 18 heavy (non-hydrogen) atoms. The zero-order valence-corrected chi connectivity index (χ0v) is 11.6. The van der Waals surface area contributed by atoms with Crippen molar-refractivity contribution in [3.05, 3.63) is 28.6 Å². The van der Waals surface area contributed by atoms with Crippen LogP contribution in [0, 0.1) is 0 Å². The molecule has 4 nitrogen and oxygen atoms in total. The van der Waals surface area contributed by atoms with Crippen LogP contribution in [0.3, 0.4) is 0 Å². The molecule has 0 radical (unpaired) electrons. The standard InChI is InChI=1S/C12H13N3OS2/c1-15-5-2-3-9(7-15)11-12(14-18-13-11)16-10-4-6-17-8-10/h3-4,6,8H,2,5,7H2,1H3. The average Bonchev–Trinajstić information content (AvgIpc) is 3.01. The van der Waals surface area contributed by atoms with Gasteiger partial charge in [-0.1, -0.05) is 6.08 Å². The van der Waals surface area contributed by atoms with Crippen LogP contribution < -0.4 is 4.74 Å². The summed E-state index contributed by atoms with van der Waals surface area (Å²) in [6.45, 7) is 2.01. The third-order valence-corrected chi connectivity index (χ3v) is 3.99. The van der Waals surface area contributed by atoms with Crippen LogP contribution >= 0.6 is 23.1 Å². The zero-order valence-electron chi connectivity index (χ0n) is 10.00. The lowest BCUT2D eigenvalue weighted by Gasteiger charge is -2.21. The minimum absolute atomic E-state index is 0.625. The molecule has 1 aliphatic rings. The van der Waals surface area contributed by atoms with Crippen LogP contribution in [0.25, 0.3) is 5.57 Å². The van der Waals surface area contributed by atoms with Crippen molar-refractivity contribution >= 4 is 28.6 Å². The molecule has 0 spiro atoms. The quantitative estimate of drug-likeness (QED) is 0.865. The number of hydrogen-bond acceptors (Lipinski definition) is 6. The van der Waals surface area contributed by atoms with E-state index >= 15 is 0 Å². The van der Waals surface area contributed by atoms with Crippen LogP contribution in [0.5, 0.6) is 11.6 Å². The topological polar surface area (TPSA) is 38.2 Å². The summed E-state index contributed by atoms with van der Waals surface area (Å²) in [6.07, 6.45) is 3.29. The number of nitrogens with zero attached hydrogens (tertiary/aromatic N) is 3. The van der Waals surface area contributed by atoms with Crippen molar-refractivity contribution in [3.8, 4) is 11.6 Å². The SMILES string of the molecule is CN1CCC=C(c2nsnc2Oc2ccsc2)C1. The van der Waals surface area contributed by atoms with Gasteiger partial charge in [0.25, 0.3) is 5.88 Å². The van der Waals surface area contributed by atoms with Gasteiger partial charge in [0, 0.05) is 18.5 Å². The molecule has 0 N–H and O–H groups in total. The summed E-state index contributed by atoms with van der Waals surface area (Å²) in [6, 6.07) is 1.94. The van der Waals surface area contributed by atoms with Gasteiger partial charge in [-0.25, -0.2) is 0 Å². The van der Waals surface area contributed by atoms with E-state index in [1.807, 2.05) is 16.8 Å². The van der Waals surface area contributed by atoms with Crippen molar-refractivity contribution in [1.82, 2.24) is 13.6 Å². The van der Waals surface area contributed by atoms with Crippen molar-refractivity contribution in [2.75, 3.05) is 20.1 Å². The van der Waals surface area contributed by atoms with E-state index < -0.39 is 0 Å². The molecular weight excluding hydrogens is 266 g/mol. The molecule has 0 saturated heterocycles. The third-order valence-electron chi connectivity index (χ3n) is 2.81. The normalized spacial score (nSPS) is 16.6. The predicted octanol–water partition coefficient (Wildman–Crippen LogP) is 3.11. The molecule has 0 saturated carbocycles. The van der Waals surface area contributed by atoms with E-state index in [0.29, 0.717) is 5.88 Å². The first-order chi connectivity index (χ1) is 8.83. The molecule has 0 aliphatic carbocycles. The van der Waals surface area contributed by atoms with Crippen LogP contribution in [-0.2, 0) is 0 Å². The molecular formula is C12H13N3OS2. The van der Waals surface area contributed by atoms with Crippen LogP contribution in [-0.4, -0.2) is 33.8 Å². The van der Waals surface area contributed by atoms with E-state index in [9.17, 15) is 0 Å². The second-order valence-electron chi connectivity index (χ2n) is 4.23. The van der Waals surface area contributed by atoms with Gasteiger partial charge in [0.05, 0.1) is 11.7 Å². The summed E-state index contributed by atoms with van der Waals surface area (Å²) >= 11 is 2.81. The van der Waals surface area contributed by atoms with Crippen molar-refractivity contribution < 1.29 is 4.74 Å². The first kappa shape index (κ1) is 11.8. The Morgan fingerprint density at radius 1 is 1.39 bits per heavy atom. The molecule has 0 atom stereocenters. The summed E-state index contributed by atoms with van der Waals surface area (Å²) in [5.41, 5.74) is 2.10. The maximum atomic E-state index is 5.77. The molecule has 2 aromatic heterocycles. The molecule has 94 valence electrons. The maximum Gasteiger partial charge on any atom is 0.259 e. The van der Waals surface area contributed by atoms with Gasteiger partial charge in [-0.15, -0.1) is 15.7 Å². The lowest BCUT2D eigenvalue weighted by molar-refractivity contribution is 0.371. The van der Waals surface area contributed by atoms with Crippen LogP contribution in [0.1, 0.15) is 12.1 Å². The van der Waals surface area contributed by atoms with E-state index in [2.05, 4.69) is 26.8 Å². The van der Waals surface area contributed by atoms with Crippen molar-refractivity contribution in [2.24, 2.45) is 0 Å². The number of aromatic nitrogens is 2. The number of likely N-dealkylation sites (N-methyl/N-ethyl adjacent to an activating group) is 1. The van der Waals surface area contributed by atoms with Crippen molar-refractivity contribution in [3.63, 3.8) is 0 Å². The minimum atomic E-state index is 0.625. The highest BCUT2D eigenvalue weighted by atomic mass is 32.1. The molecule has 0 bridgehead atoms. The second-order valence-corrected chi connectivity index (χ2v) is 5.54. The lowest BCUT2D eigenvalue weighted by Crippen LogP contribution is -2.25. The first-order valence-electron chi connectivity index (χ1n) is 5.73.